The summed E-state index contributed by atoms with van der Waals surface area (Å²) in [5.41, 5.74) is 0.620. The van der Waals surface area contributed by atoms with Gasteiger partial charge in [-0.3, -0.25) is 4.98 Å². The van der Waals surface area contributed by atoms with Gasteiger partial charge in [0.15, 0.2) is 5.44 Å². The number of aliphatic hydroxyl groups excluding tert-OH is 3. The summed E-state index contributed by atoms with van der Waals surface area (Å²) in [6.45, 7) is 0. The first kappa shape index (κ1) is 17.4. The van der Waals surface area contributed by atoms with Crippen molar-refractivity contribution in [3.05, 3.63) is 47.5 Å². The van der Waals surface area contributed by atoms with Crippen LogP contribution in [0.5, 0.6) is 5.75 Å². The number of halogens is 2. The summed E-state index contributed by atoms with van der Waals surface area (Å²) in [6, 6.07) is 6.01. The van der Waals surface area contributed by atoms with E-state index < -0.39 is 29.6 Å². The number of thioether (sulfide) groups is 1. The van der Waals surface area contributed by atoms with Crippen LogP contribution in [-0.4, -0.2) is 49.8 Å². The molecule has 1 fully saturated rings. The third-order valence-electron chi connectivity index (χ3n) is 3.67. The van der Waals surface area contributed by atoms with Gasteiger partial charge in [-0.05, 0) is 23.8 Å². The van der Waals surface area contributed by atoms with Gasteiger partial charge in [-0.15, -0.1) is 11.8 Å². The lowest BCUT2D eigenvalue weighted by molar-refractivity contribution is -0.0786. The molecule has 1 aromatic carbocycles. The first-order chi connectivity index (χ1) is 11.5. The van der Waals surface area contributed by atoms with Gasteiger partial charge in [-0.25, -0.2) is 4.39 Å². The lowest BCUT2D eigenvalue weighted by atomic mass is 10.1. The van der Waals surface area contributed by atoms with E-state index in [1.807, 2.05) is 0 Å². The molecule has 4 atom stereocenters. The van der Waals surface area contributed by atoms with E-state index >= 15 is 0 Å². The maximum absolute atomic E-state index is 13.3. The minimum Gasteiger partial charge on any atom is -0.475 e. The van der Waals surface area contributed by atoms with Crippen LogP contribution in [0.25, 0.3) is 11.1 Å². The Morgan fingerprint density at radius 3 is 2.67 bits per heavy atom. The Balaban J connectivity index is 1.79. The van der Waals surface area contributed by atoms with Crippen molar-refractivity contribution in [2.75, 3.05) is 5.75 Å². The van der Waals surface area contributed by atoms with Gasteiger partial charge >= 0.3 is 0 Å². The first-order valence-electron chi connectivity index (χ1n) is 7.18. The summed E-state index contributed by atoms with van der Waals surface area (Å²) in [7, 11) is 0. The maximum atomic E-state index is 13.3. The molecule has 5 nitrogen and oxygen atoms in total. The van der Waals surface area contributed by atoms with E-state index in [4.69, 9.17) is 16.3 Å². The Bertz CT molecular complexity index is 735. The Morgan fingerprint density at radius 1 is 1.12 bits per heavy atom. The Kier molecular flexibility index (Phi) is 5.27. The number of aliphatic hydroxyl groups is 3. The van der Waals surface area contributed by atoms with Gasteiger partial charge in [-0.2, -0.15) is 0 Å². The number of hydrogen-bond acceptors (Lipinski definition) is 6. The molecule has 0 unspecified atom stereocenters. The zero-order chi connectivity index (χ0) is 17.3. The molecule has 0 radical (unpaired) electrons. The van der Waals surface area contributed by atoms with E-state index in [-0.39, 0.29) is 10.8 Å². The molecule has 0 saturated carbocycles. The lowest BCUT2D eigenvalue weighted by Gasteiger charge is -2.34. The van der Waals surface area contributed by atoms with Gasteiger partial charge in [0, 0.05) is 17.5 Å². The standard InChI is InChI=1S/C16H15ClFNO4S/c17-11-4-8(1-2-12(11)18)9-3-10(6-19-5-9)23-16-15(22)14(21)13(20)7-24-16/h1-6,13-16,20-22H,7H2/t13-,14+,15-,16-/m1/s1. The molecular formula is C16H15ClFNO4S. The van der Waals surface area contributed by atoms with Gasteiger partial charge in [0.05, 0.1) is 17.3 Å². The molecule has 3 rings (SSSR count). The van der Waals surface area contributed by atoms with Crippen molar-refractivity contribution < 1.29 is 24.4 Å². The fourth-order valence-corrected chi connectivity index (χ4v) is 3.64. The quantitative estimate of drug-likeness (QED) is 0.766. The average molecular weight is 372 g/mol. The molecule has 1 aliphatic heterocycles. The van der Waals surface area contributed by atoms with Crippen molar-refractivity contribution in [1.29, 1.82) is 0 Å². The topological polar surface area (TPSA) is 82.8 Å². The molecule has 1 aliphatic rings. The van der Waals surface area contributed by atoms with Crippen molar-refractivity contribution in [3.8, 4) is 16.9 Å². The normalized spacial score (nSPS) is 27.0. The molecule has 2 heterocycles. The van der Waals surface area contributed by atoms with Crippen molar-refractivity contribution in [2.45, 2.75) is 23.7 Å². The highest BCUT2D eigenvalue weighted by atomic mass is 35.5. The maximum Gasteiger partial charge on any atom is 0.173 e. The van der Waals surface area contributed by atoms with E-state index in [0.717, 1.165) is 0 Å². The van der Waals surface area contributed by atoms with Gasteiger partial charge in [0.2, 0.25) is 0 Å². The summed E-state index contributed by atoms with van der Waals surface area (Å²) >= 11 is 7.00. The number of ether oxygens (including phenoxy) is 1. The first-order valence-corrected chi connectivity index (χ1v) is 8.61. The number of rotatable bonds is 3. The number of hydrogen-bond donors (Lipinski definition) is 3. The number of aromatic nitrogens is 1. The molecule has 0 spiro atoms. The predicted molar refractivity (Wildman–Crippen MR) is 89.5 cm³/mol. The van der Waals surface area contributed by atoms with Crippen LogP contribution in [0.4, 0.5) is 4.39 Å². The number of nitrogens with zero attached hydrogens (tertiary/aromatic N) is 1. The summed E-state index contributed by atoms with van der Waals surface area (Å²) < 4.78 is 18.9. The molecule has 8 heteroatoms. The monoisotopic (exact) mass is 371 g/mol. The van der Waals surface area contributed by atoms with E-state index in [2.05, 4.69) is 4.98 Å². The summed E-state index contributed by atoms with van der Waals surface area (Å²) in [5, 5.41) is 29.3. The number of pyridine rings is 1. The fourth-order valence-electron chi connectivity index (χ4n) is 2.33. The van der Waals surface area contributed by atoms with E-state index in [0.29, 0.717) is 16.9 Å². The Hall–Kier alpha value is -1.38. The Labute approximate surface area is 147 Å². The highest BCUT2D eigenvalue weighted by molar-refractivity contribution is 7.99. The largest absolute Gasteiger partial charge is 0.475 e. The van der Waals surface area contributed by atoms with Gasteiger partial charge in [0.25, 0.3) is 0 Å². The minimum absolute atomic E-state index is 0.00851. The summed E-state index contributed by atoms with van der Waals surface area (Å²) in [5.74, 6) is 0.131. The van der Waals surface area contributed by atoms with Gasteiger partial charge < -0.3 is 20.1 Å². The second kappa shape index (κ2) is 7.25. The highest BCUT2D eigenvalue weighted by Crippen LogP contribution is 2.31. The molecule has 128 valence electrons. The van der Waals surface area contributed by atoms with Crippen molar-refractivity contribution in [1.82, 2.24) is 4.98 Å². The fraction of sp³-hybridized carbons (Fsp3) is 0.312. The molecule has 1 saturated heterocycles. The van der Waals surface area contributed by atoms with Crippen LogP contribution in [0, 0.1) is 5.82 Å². The van der Waals surface area contributed by atoms with E-state index in [9.17, 15) is 19.7 Å². The number of benzene rings is 1. The molecule has 0 amide bonds. The zero-order valence-electron chi connectivity index (χ0n) is 12.3. The minimum atomic E-state index is -1.26. The molecular weight excluding hydrogens is 357 g/mol. The van der Waals surface area contributed by atoms with Gasteiger partial charge in [0.1, 0.15) is 23.8 Å². The van der Waals surface area contributed by atoms with Crippen molar-refractivity contribution in [3.63, 3.8) is 0 Å². The second-order valence-corrected chi connectivity index (χ2v) is 6.94. The van der Waals surface area contributed by atoms with Crippen LogP contribution in [0.15, 0.2) is 36.7 Å². The average Bonchev–Trinajstić information content (AvgIpc) is 2.58. The molecule has 2 aromatic rings. The van der Waals surface area contributed by atoms with Crippen LogP contribution < -0.4 is 4.74 Å². The zero-order valence-corrected chi connectivity index (χ0v) is 13.9. The SMILES string of the molecule is O[C@@H]1[C@@H](O)[C@H](Oc2cncc(-c3ccc(F)c(Cl)c3)c2)SC[C@H]1O. The lowest BCUT2D eigenvalue weighted by Crippen LogP contribution is -2.50. The summed E-state index contributed by atoms with van der Waals surface area (Å²) in [6.07, 6.45) is -0.416. The highest BCUT2D eigenvalue weighted by Gasteiger charge is 2.38. The Morgan fingerprint density at radius 2 is 1.92 bits per heavy atom. The smallest absolute Gasteiger partial charge is 0.173 e. The van der Waals surface area contributed by atoms with Crippen LogP contribution in [-0.2, 0) is 0 Å². The van der Waals surface area contributed by atoms with Crippen LogP contribution in [0.3, 0.4) is 0 Å². The summed E-state index contributed by atoms with van der Waals surface area (Å²) in [4.78, 5) is 4.07. The molecule has 0 bridgehead atoms. The third kappa shape index (κ3) is 3.65. The van der Waals surface area contributed by atoms with Crippen molar-refractivity contribution >= 4 is 23.4 Å². The van der Waals surface area contributed by atoms with Crippen molar-refractivity contribution in [2.24, 2.45) is 0 Å². The van der Waals surface area contributed by atoms with E-state index in [1.54, 1.807) is 18.3 Å². The molecule has 3 N–H and O–H groups in total. The molecule has 24 heavy (non-hydrogen) atoms. The third-order valence-corrected chi connectivity index (χ3v) is 5.20. The predicted octanol–water partition coefficient (Wildman–Crippen LogP) is 2.08. The van der Waals surface area contributed by atoms with Crippen LogP contribution in [0.2, 0.25) is 5.02 Å². The second-order valence-electron chi connectivity index (χ2n) is 5.41. The van der Waals surface area contributed by atoms with E-state index in [1.165, 1.54) is 30.1 Å². The molecule has 1 aromatic heterocycles. The van der Waals surface area contributed by atoms with Crippen LogP contribution >= 0.6 is 23.4 Å². The molecule has 0 aliphatic carbocycles. The van der Waals surface area contributed by atoms with Gasteiger partial charge in [-0.1, -0.05) is 17.7 Å². The van der Waals surface area contributed by atoms with Crippen LogP contribution in [0.1, 0.15) is 0 Å².